The molecule has 2 atom stereocenters. The second-order valence-electron chi connectivity index (χ2n) is 2.61. The van der Waals surface area contributed by atoms with Crippen LogP contribution in [0.1, 0.15) is 6.42 Å². The molecule has 0 saturated carbocycles. The molecule has 0 aliphatic heterocycles. The molecule has 0 fully saturated rings. The molecule has 0 saturated heterocycles. The molecule has 0 spiro atoms. The van der Waals surface area contributed by atoms with E-state index < -0.39 is 0 Å². The summed E-state index contributed by atoms with van der Waals surface area (Å²) in [5.41, 5.74) is 0. The number of rotatable bonds is 11. The molecule has 108 valence electrons. The van der Waals surface area contributed by atoms with E-state index in [-0.39, 0.29) is 72.0 Å². The standard InChI is InChI=1S/C6H13NO3P.C3H7NOP.2Y/c8-2-4-10-6-5-9-3-1-7-11;5-3-1-2-4-6;;/h7H,1,3-6,11H2;4H,1-2,6H2;;/q2*-1;;. The van der Waals surface area contributed by atoms with Gasteiger partial charge in [0, 0.05) is 72.0 Å². The number of ether oxygens (including phenoxy) is 2. The van der Waals surface area contributed by atoms with Crippen LogP contribution in [-0.4, -0.2) is 52.1 Å². The van der Waals surface area contributed by atoms with E-state index in [2.05, 4.69) is 29.0 Å². The molecule has 0 aromatic rings. The van der Waals surface area contributed by atoms with Gasteiger partial charge >= 0.3 is 0 Å². The molecule has 0 aromatic carbocycles. The fourth-order valence-electron chi connectivity index (χ4n) is 0.588. The predicted octanol–water partition coefficient (Wildman–Crippen LogP) is -0.630. The molecular weight excluding hydrogens is 440 g/mol. The van der Waals surface area contributed by atoms with E-state index >= 15 is 0 Å². The molecule has 0 aromatic heterocycles. The first-order chi connectivity index (χ1) is 8.33. The van der Waals surface area contributed by atoms with Crippen LogP contribution in [0.3, 0.4) is 0 Å². The van der Waals surface area contributed by atoms with Crippen LogP contribution in [0.25, 0.3) is 0 Å². The monoisotopic (exact) mass is 460 g/mol. The van der Waals surface area contributed by atoms with Gasteiger partial charge in [-0.1, -0.05) is 18.8 Å². The molecule has 6 nitrogen and oxygen atoms in total. The van der Waals surface area contributed by atoms with Gasteiger partial charge in [0.15, 0.2) is 0 Å². The van der Waals surface area contributed by atoms with E-state index in [0.29, 0.717) is 32.8 Å². The van der Waals surface area contributed by atoms with Gasteiger partial charge in [0.1, 0.15) is 0 Å². The summed E-state index contributed by atoms with van der Waals surface area (Å²) in [7, 11) is 4.68. The fourth-order valence-corrected chi connectivity index (χ4v) is 0.850. The van der Waals surface area contributed by atoms with E-state index in [4.69, 9.17) is 9.47 Å². The topological polar surface area (TPSA) is 76.7 Å². The Morgan fingerprint density at radius 3 is 1.84 bits per heavy atom. The molecular formula is C9H20N2O4P2Y2-2. The van der Waals surface area contributed by atoms with E-state index in [1.54, 1.807) is 12.6 Å². The van der Waals surface area contributed by atoms with Crippen molar-refractivity contribution in [2.24, 2.45) is 0 Å². The van der Waals surface area contributed by atoms with Crippen LogP contribution < -0.4 is 10.2 Å². The van der Waals surface area contributed by atoms with E-state index in [9.17, 15) is 9.59 Å². The van der Waals surface area contributed by atoms with Gasteiger partial charge in [0.25, 0.3) is 0 Å². The molecule has 0 aliphatic carbocycles. The zero-order valence-corrected chi connectivity index (χ0v) is 18.9. The molecule has 0 amide bonds. The molecule has 2 unspecified atom stereocenters. The molecule has 0 aliphatic rings. The largest absolute Gasteiger partial charge is 0.542 e. The number of hydrogen-bond donors (Lipinski definition) is 2. The third-order valence-corrected chi connectivity index (χ3v) is 1.87. The summed E-state index contributed by atoms with van der Waals surface area (Å²) in [4.78, 5) is 19.0. The average Bonchev–Trinajstić information content (AvgIpc) is 2.36. The molecule has 0 bridgehead atoms. The number of nitrogens with one attached hydrogen (secondary N) is 2. The summed E-state index contributed by atoms with van der Waals surface area (Å²) in [6.07, 6.45) is 3.84. The Kier molecular flexibility index (Phi) is 49.7. The van der Waals surface area contributed by atoms with Crippen LogP contribution in [0.2, 0.25) is 0 Å². The van der Waals surface area contributed by atoms with Crippen molar-refractivity contribution in [3.63, 3.8) is 0 Å². The number of carbonyl (C=O) groups excluding carboxylic acids is 2. The minimum Gasteiger partial charge on any atom is -0.542 e. The SMILES string of the molecule is O=[C-]CCNP.O=[C-]COCCOCCNP.[Y].[Y]. The maximum absolute atomic E-state index is 9.64. The Morgan fingerprint density at radius 1 is 0.842 bits per heavy atom. The molecule has 0 heterocycles. The quantitative estimate of drug-likeness (QED) is 0.243. The van der Waals surface area contributed by atoms with Gasteiger partial charge in [-0.05, 0) is 13.2 Å². The Hall–Kier alpha value is 2.25. The third kappa shape index (κ3) is 38.4. The summed E-state index contributed by atoms with van der Waals surface area (Å²) >= 11 is 0. The van der Waals surface area contributed by atoms with E-state index in [0.717, 1.165) is 6.54 Å². The molecule has 2 N–H and O–H groups in total. The maximum Gasteiger partial charge on any atom is 0.0699 e. The third-order valence-electron chi connectivity index (χ3n) is 1.30. The van der Waals surface area contributed by atoms with Gasteiger partial charge in [-0.15, -0.1) is 6.42 Å². The Bertz CT molecular complexity index is 173. The number of hydrogen-bond acceptors (Lipinski definition) is 6. The van der Waals surface area contributed by atoms with Crippen LogP contribution in [0.15, 0.2) is 0 Å². The minimum atomic E-state index is 0. The van der Waals surface area contributed by atoms with Gasteiger partial charge in [0.05, 0.1) is 19.8 Å². The smallest absolute Gasteiger partial charge is 0.0699 e. The van der Waals surface area contributed by atoms with Crippen LogP contribution >= 0.6 is 18.8 Å². The fraction of sp³-hybridized carbons (Fsp3) is 0.778. The first-order valence-corrected chi connectivity index (χ1v) is 6.21. The second-order valence-corrected chi connectivity index (χ2v) is 3.43. The van der Waals surface area contributed by atoms with Crippen molar-refractivity contribution in [1.29, 1.82) is 0 Å². The average molecular weight is 460 g/mol. The maximum atomic E-state index is 9.64. The van der Waals surface area contributed by atoms with Gasteiger partial charge < -0.3 is 24.2 Å². The molecule has 10 heteroatoms. The van der Waals surface area contributed by atoms with Crippen LogP contribution in [0.4, 0.5) is 0 Å². The predicted molar refractivity (Wildman–Crippen MR) is 73.1 cm³/mol. The first kappa shape index (κ1) is 29.3. The van der Waals surface area contributed by atoms with Crippen molar-refractivity contribution in [3.05, 3.63) is 0 Å². The van der Waals surface area contributed by atoms with Crippen molar-refractivity contribution >= 4 is 31.4 Å². The van der Waals surface area contributed by atoms with Crippen molar-refractivity contribution in [2.75, 3.05) is 39.5 Å². The van der Waals surface area contributed by atoms with Gasteiger partial charge in [-0.25, -0.2) is 6.29 Å². The van der Waals surface area contributed by atoms with E-state index in [1.807, 2.05) is 0 Å². The van der Waals surface area contributed by atoms with Crippen LogP contribution in [0, 0.1) is 0 Å². The Labute approximate surface area is 170 Å². The summed E-state index contributed by atoms with van der Waals surface area (Å²) in [6.45, 7) is 3.15. The van der Waals surface area contributed by atoms with Crippen molar-refractivity contribution in [1.82, 2.24) is 10.2 Å². The first-order valence-electron chi connectivity index (χ1n) is 5.05. The van der Waals surface area contributed by atoms with Crippen molar-refractivity contribution < 1.29 is 84.5 Å². The molecule has 0 rings (SSSR count). The summed E-state index contributed by atoms with van der Waals surface area (Å²) in [5.74, 6) is 0. The van der Waals surface area contributed by atoms with Crippen molar-refractivity contribution in [2.45, 2.75) is 6.42 Å². The zero-order chi connectivity index (χ0) is 13.2. The molecule has 19 heavy (non-hydrogen) atoms. The normalized spacial score (nSPS) is 8.32. The van der Waals surface area contributed by atoms with Crippen LogP contribution in [-0.2, 0) is 84.5 Å². The van der Waals surface area contributed by atoms with E-state index in [1.165, 1.54) is 0 Å². The Balaban J connectivity index is -0.000000123. The Morgan fingerprint density at radius 2 is 1.42 bits per heavy atom. The molecule has 2 radical (unpaired) electrons. The second kappa shape index (κ2) is 32.3. The van der Waals surface area contributed by atoms with Gasteiger partial charge in [0.2, 0.25) is 0 Å². The minimum absolute atomic E-state index is 0. The van der Waals surface area contributed by atoms with Gasteiger partial charge in [-0.3, -0.25) is 11.4 Å². The summed E-state index contributed by atoms with van der Waals surface area (Å²) in [6, 6.07) is 0. The van der Waals surface area contributed by atoms with Crippen LogP contribution in [0.5, 0.6) is 0 Å². The summed E-state index contributed by atoms with van der Waals surface area (Å²) < 4.78 is 9.88. The zero-order valence-electron chi connectivity index (χ0n) is 10.9. The summed E-state index contributed by atoms with van der Waals surface area (Å²) in [5, 5.41) is 5.58. The van der Waals surface area contributed by atoms with Gasteiger partial charge in [-0.2, -0.15) is 0 Å². The van der Waals surface area contributed by atoms with Crippen molar-refractivity contribution in [3.8, 4) is 0 Å².